The lowest BCUT2D eigenvalue weighted by Gasteiger charge is -2.01. The maximum atomic E-state index is 8.29. The molecule has 0 aromatic heterocycles. The number of ether oxygens (including phenoxy) is 1. The first-order valence-electron chi connectivity index (χ1n) is 4.88. The van der Waals surface area contributed by atoms with Crippen molar-refractivity contribution >= 4 is 0 Å². The predicted octanol–water partition coefficient (Wildman–Crippen LogP) is 2.62. The van der Waals surface area contributed by atoms with Crippen LogP contribution in [0.1, 0.15) is 34.6 Å². The molecule has 80 valence electrons. The van der Waals surface area contributed by atoms with Gasteiger partial charge < -0.3 is 9.84 Å². The van der Waals surface area contributed by atoms with Crippen molar-refractivity contribution in [1.29, 1.82) is 0 Å². The molecule has 0 unspecified atom stereocenters. The van der Waals surface area contributed by atoms with E-state index in [2.05, 4.69) is 20.8 Å². The van der Waals surface area contributed by atoms with Crippen molar-refractivity contribution in [2.24, 2.45) is 5.92 Å². The number of rotatable bonds is 4. The van der Waals surface area contributed by atoms with Crippen LogP contribution in [0.25, 0.3) is 0 Å². The Labute approximate surface area is 82.6 Å². The zero-order valence-corrected chi connectivity index (χ0v) is 9.58. The van der Waals surface area contributed by atoms with Crippen molar-refractivity contribution in [3.8, 4) is 0 Å². The van der Waals surface area contributed by atoms with Gasteiger partial charge in [-0.2, -0.15) is 0 Å². The molecular formula is C11H24O2. The van der Waals surface area contributed by atoms with Crippen LogP contribution in [0.15, 0.2) is 12.2 Å². The summed E-state index contributed by atoms with van der Waals surface area (Å²) in [7, 11) is 0. The average Bonchev–Trinajstić information content (AvgIpc) is 1.97. The molecule has 0 saturated heterocycles. The Balaban J connectivity index is 0. The van der Waals surface area contributed by atoms with Crippen LogP contribution >= 0.6 is 0 Å². The lowest BCUT2D eigenvalue weighted by Crippen LogP contribution is -2.01. The minimum Gasteiger partial charge on any atom is -0.392 e. The number of aliphatic hydroxyl groups is 1. The second-order valence-corrected chi connectivity index (χ2v) is 3.77. The molecule has 0 radical (unpaired) electrons. The number of aliphatic hydroxyl groups excluding tert-OH is 1. The quantitative estimate of drug-likeness (QED) is 0.687. The van der Waals surface area contributed by atoms with E-state index in [1.165, 1.54) is 0 Å². The largest absolute Gasteiger partial charge is 0.392 e. The van der Waals surface area contributed by atoms with Gasteiger partial charge in [0, 0.05) is 0 Å². The Kier molecular flexibility index (Phi) is 13.6. The van der Waals surface area contributed by atoms with Crippen LogP contribution in [0.5, 0.6) is 0 Å². The van der Waals surface area contributed by atoms with Crippen LogP contribution in [0, 0.1) is 5.92 Å². The van der Waals surface area contributed by atoms with E-state index in [9.17, 15) is 0 Å². The fourth-order valence-electron chi connectivity index (χ4n) is 0.391. The molecule has 2 nitrogen and oxygen atoms in total. The Morgan fingerprint density at radius 2 is 1.54 bits per heavy atom. The van der Waals surface area contributed by atoms with Crippen molar-refractivity contribution in [3.05, 3.63) is 12.2 Å². The Morgan fingerprint density at radius 1 is 1.08 bits per heavy atom. The van der Waals surface area contributed by atoms with Gasteiger partial charge in [0.1, 0.15) is 0 Å². The van der Waals surface area contributed by atoms with Crippen LogP contribution in [0.2, 0.25) is 0 Å². The Morgan fingerprint density at radius 3 is 1.85 bits per heavy atom. The van der Waals surface area contributed by atoms with Gasteiger partial charge in [-0.15, -0.1) is 0 Å². The first-order valence-corrected chi connectivity index (χ1v) is 4.88. The first kappa shape index (κ1) is 15.1. The van der Waals surface area contributed by atoms with E-state index >= 15 is 0 Å². The van der Waals surface area contributed by atoms with E-state index in [0.717, 1.165) is 5.92 Å². The fourth-order valence-corrected chi connectivity index (χ4v) is 0.391. The van der Waals surface area contributed by atoms with Crippen LogP contribution in [0.3, 0.4) is 0 Å². The molecule has 0 rings (SSSR count). The predicted molar refractivity (Wildman–Crippen MR) is 57.8 cm³/mol. The molecule has 0 spiro atoms. The molecule has 0 aromatic rings. The number of hydrogen-bond donors (Lipinski definition) is 1. The summed E-state index contributed by atoms with van der Waals surface area (Å²) in [6.45, 7) is 11.2. The summed E-state index contributed by atoms with van der Waals surface area (Å²) in [5, 5.41) is 8.29. The van der Waals surface area contributed by atoms with Crippen LogP contribution in [-0.2, 0) is 4.74 Å². The van der Waals surface area contributed by atoms with E-state index in [1.54, 1.807) is 12.2 Å². The molecule has 0 atom stereocenters. The third kappa shape index (κ3) is 34.0. The molecule has 0 aromatic carbocycles. The molecule has 0 aliphatic rings. The summed E-state index contributed by atoms with van der Waals surface area (Å²) < 4.78 is 5.15. The summed E-state index contributed by atoms with van der Waals surface area (Å²) >= 11 is 0. The first-order chi connectivity index (χ1) is 6.00. The van der Waals surface area contributed by atoms with Gasteiger partial charge in [0.15, 0.2) is 0 Å². The van der Waals surface area contributed by atoms with Crippen molar-refractivity contribution in [1.82, 2.24) is 0 Å². The van der Waals surface area contributed by atoms with Crippen LogP contribution in [0.4, 0.5) is 0 Å². The van der Waals surface area contributed by atoms with Crippen LogP contribution in [-0.4, -0.2) is 24.4 Å². The van der Waals surface area contributed by atoms with E-state index in [4.69, 9.17) is 9.84 Å². The molecule has 0 heterocycles. The molecular weight excluding hydrogens is 164 g/mol. The zero-order chi connectivity index (χ0) is 10.7. The maximum absolute atomic E-state index is 8.29. The minimum atomic E-state index is 0.0987. The highest BCUT2D eigenvalue weighted by Crippen LogP contribution is 1.86. The van der Waals surface area contributed by atoms with Gasteiger partial charge in [0.2, 0.25) is 0 Å². The Hall–Kier alpha value is -0.340. The van der Waals surface area contributed by atoms with Gasteiger partial charge in [-0.05, 0) is 19.8 Å². The second kappa shape index (κ2) is 11.7. The maximum Gasteiger partial charge on any atom is 0.0651 e. The fraction of sp³-hybridized carbons (Fsp3) is 0.818. The van der Waals surface area contributed by atoms with Gasteiger partial charge in [-0.25, -0.2) is 0 Å². The average molecular weight is 188 g/mol. The van der Waals surface area contributed by atoms with Crippen LogP contribution < -0.4 is 0 Å². The summed E-state index contributed by atoms with van der Waals surface area (Å²) in [5.41, 5.74) is 0. The molecule has 0 aliphatic carbocycles. The van der Waals surface area contributed by atoms with Crippen molar-refractivity contribution < 1.29 is 9.84 Å². The lowest BCUT2D eigenvalue weighted by molar-refractivity contribution is 0.102. The van der Waals surface area contributed by atoms with Gasteiger partial charge >= 0.3 is 0 Å². The number of hydrogen-bond acceptors (Lipinski definition) is 2. The second-order valence-electron chi connectivity index (χ2n) is 3.77. The van der Waals surface area contributed by atoms with Gasteiger partial charge in [-0.3, -0.25) is 0 Å². The molecule has 0 bridgehead atoms. The third-order valence-corrected chi connectivity index (χ3v) is 0.798. The molecule has 0 saturated carbocycles. The highest BCUT2D eigenvalue weighted by Gasteiger charge is 1.86. The van der Waals surface area contributed by atoms with E-state index in [1.807, 2.05) is 13.8 Å². The third-order valence-electron chi connectivity index (χ3n) is 0.798. The molecule has 0 fully saturated rings. The zero-order valence-electron chi connectivity index (χ0n) is 9.58. The van der Waals surface area contributed by atoms with Gasteiger partial charge in [-0.1, -0.05) is 32.9 Å². The standard InChI is InChI=1S/C7H14O2.C4H10/c1-7(2)9-6-4-3-5-8;1-4(2)3/h3-4,7-8H,5-6H2,1-2H3;4H,1-3H3/b4-3-;. The summed E-state index contributed by atoms with van der Waals surface area (Å²) in [5.74, 6) is 0.833. The highest BCUT2D eigenvalue weighted by molar-refractivity contribution is 4.80. The monoisotopic (exact) mass is 188 g/mol. The van der Waals surface area contributed by atoms with Crippen molar-refractivity contribution in [2.75, 3.05) is 13.2 Å². The molecule has 13 heavy (non-hydrogen) atoms. The van der Waals surface area contributed by atoms with Crippen molar-refractivity contribution in [2.45, 2.75) is 40.7 Å². The minimum absolute atomic E-state index is 0.0987. The summed E-state index contributed by atoms with van der Waals surface area (Å²) in [6, 6.07) is 0. The molecule has 0 amide bonds. The van der Waals surface area contributed by atoms with Gasteiger partial charge in [0.05, 0.1) is 19.3 Å². The smallest absolute Gasteiger partial charge is 0.0651 e. The SMILES string of the molecule is CC(C)C.CC(C)OC/C=C\CO. The molecule has 2 heteroatoms. The van der Waals surface area contributed by atoms with Gasteiger partial charge in [0.25, 0.3) is 0 Å². The summed E-state index contributed by atoms with van der Waals surface area (Å²) in [4.78, 5) is 0. The lowest BCUT2D eigenvalue weighted by atomic mass is 10.3. The summed E-state index contributed by atoms with van der Waals surface area (Å²) in [6.07, 6.45) is 3.75. The normalized spacial score (nSPS) is 10.8. The van der Waals surface area contributed by atoms with Crippen molar-refractivity contribution in [3.63, 3.8) is 0 Å². The topological polar surface area (TPSA) is 29.5 Å². The molecule has 1 N–H and O–H groups in total. The van der Waals surface area contributed by atoms with E-state index < -0.39 is 0 Å². The van der Waals surface area contributed by atoms with E-state index in [-0.39, 0.29) is 12.7 Å². The van der Waals surface area contributed by atoms with E-state index in [0.29, 0.717) is 6.61 Å². The Bertz CT molecular complexity index is 104. The highest BCUT2D eigenvalue weighted by atomic mass is 16.5. The molecule has 0 aliphatic heterocycles.